The number of ether oxygens (including phenoxy) is 2. The number of fused-ring (bicyclic) bond motifs is 1. The summed E-state index contributed by atoms with van der Waals surface area (Å²) in [5.74, 6) is -1.24. The Morgan fingerprint density at radius 3 is 2.59 bits per heavy atom. The summed E-state index contributed by atoms with van der Waals surface area (Å²) >= 11 is 6.20. The minimum absolute atomic E-state index is 0.0447. The third-order valence-electron chi connectivity index (χ3n) is 4.27. The van der Waals surface area contributed by atoms with Crippen molar-refractivity contribution >= 4 is 34.2 Å². The van der Waals surface area contributed by atoms with Gasteiger partial charge in [0.1, 0.15) is 23.6 Å². The lowest BCUT2D eigenvalue weighted by Gasteiger charge is -2.14. The number of hydrogen-bond donors (Lipinski definition) is 2. The number of carbonyl (C=O) groups is 2. The van der Waals surface area contributed by atoms with Gasteiger partial charge in [-0.3, -0.25) is 4.79 Å². The molecule has 2 aromatic carbocycles. The first-order chi connectivity index (χ1) is 13.9. The number of nitrogens with zero attached hydrogens (tertiary/aromatic N) is 1. The fourth-order valence-corrected chi connectivity index (χ4v) is 2.98. The number of aromatic nitrogens is 1. The summed E-state index contributed by atoms with van der Waals surface area (Å²) in [6, 6.07) is 13.6. The number of pyridine rings is 1. The van der Waals surface area contributed by atoms with Crippen LogP contribution in [-0.4, -0.2) is 35.1 Å². The first kappa shape index (κ1) is 20.4. The summed E-state index contributed by atoms with van der Waals surface area (Å²) in [7, 11) is 1.21. The van der Waals surface area contributed by atoms with Gasteiger partial charge in [0.2, 0.25) is 0 Å². The maximum absolute atomic E-state index is 12.5. The van der Waals surface area contributed by atoms with Crippen LogP contribution < -0.4 is 10.1 Å². The Bertz CT molecular complexity index is 1060. The number of methoxy groups -OCH3 is 1. The topological polar surface area (TPSA) is 97.8 Å². The summed E-state index contributed by atoms with van der Waals surface area (Å²) in [5.41, 5.74) is 0.694. The minimum atomic E-state index is -0.913. The van der Waals surface area contributed by atoms with Crippen molar-refractivity contribution in [3.63, 3.8) is 0 Å². The fourth-order valence-electron chi connectivity index (χ4n) is 2.73. The third-order valence-corrected chi connectivity index (χ3v) is 4.56. The number of esters is 1. The van der Waals surface area contributed by atoms with Crippen molar-refractivity contribution in [3.8, 4) is 11.5 Å². The second kappa shape index (κ2) is 8.79. The second-order valence-electron chi connectivity index (χ2n) is 6.30. The minimum Gasteiger partial charge on any atom is -0.505 e. The molecule has 1 aromatic heterocycles. The highest BCUT2D eigenvalue weighted by Crippen LogP contribution is 2.34. The van der Waals surface area contributed by atoms with Crippen molar-refractivity contribution in [2.24, 2.45) is 0 Å². The molecule has 0 aliphatic heterocycles. The second-order valence-corrected chi connectivity index (χ2v) is 6.66. The normalized spacial score (nSPS) is 11.7. The largest absolute Gasteiger partial charge is 0.505 e. The molecule has 0 saturated heterocycles. The Balaban J connectivity index is 1.89. The van der Waals surface area contributed by atoms with Crippen LogP contribution in [0.25, 0.3) is 10.8 Å². The van der Waals surface area contributed by atoms with Gasteiger partial charge in [-0.15, -0.1) is 0 Å². The van der Waals surface area contributed by atoms with Gasteiger partial charge >= 0.3 is 5.97 Å². The van der Waals surface area contributed by atoms with Crippen LogP contribution in [0.5, 0.6) is 11.5 Å². The summed E-state index contributed by atoms with van der Waals surface area (Å²) < 4.78 is 10.3. The molecule has 0 bridgehead atoms. The van der Waals surface area contributed by atoms with Gasteiger partial charge in [0.25, 0.3) is 5.91 Å². The molecule has 0 spiro atoms. The molecule has 3 rings (SSSR count). The highest BCUT2D eigenvalue weighted by Gasteiger charge is 2.23. The Kier molecular flexibility index (Phi) is 6.19. The van der Waals surface area contributed by atoms with Crippen LogP contribution in [-0.2, 0) is 16.1 Å². The molecule has 0 aliphatic rings. The monoisotopic (exact) mass is 414 g/mol. The van der Waals surface area contributed by atoms with Gasteiger partial charge in [-0.1, -0.05) is 41.9 Å². The van der Waals surface area contributed by atoms with E-state index >= 15 is 0 Å². The molecule has 0 saturated carbocycles. The smallest absolute Gasteiger partial charge is 0.328 e. The fraction of sp³-hybridized carbons (Fsp3) is 0.190. The van der Waals surface area contributed by atoms with Crippen molar-refractivity contribution in [1.29, 1.82) is 0 Å². The zero-order valence-corrected chi connectivity index (χ0v) is 16.6. The lowest BCUT2D eigenvalue weighted by Crippen LogP contribution is -2.39. The van der Waals surface area contributed by atoms with Gasteiger partial charge in [-0.05, 0) is 30.7 Å². The van der Waals surface area contributed by atoms with Crippen LogP contribution in [0.2, 0.25) is 5.15 Å². The van der Waals surface area contributed by atoms with E-state index in [1.54, 1.807) is 18.2 Å². The van der Waals surface area contributed by atoms with E-state index < -0.39 is 17.9 Å². The van der Waals surface area contributed by atoms with Crippen molar-refractivity contribution < 1.29 is 24.2 Å². The molecule has 0 radical (unpaired) electrons. The van der Waals surface area contributed by atoms with E-state index in [0.29, 0.717) is 23.1 Å². The Hall–Kier alpha value is -3.32. The maximum atomic E-state index is 12.5. The van der Waals surface area contributed by atoms with E-state index in [4.69, 9.17) is 16.3 Å². The number of aromatic hydroxyl groups is 1. The predicted molar refractivity (Wildman–Crippen MR) is 108 cm³/mol. The van der Waals surface area contributed by atoms with E-state index in [9.17, 15) is 14.7 Å². The standard InChI is InChI=1S/C21H19ClN2O5/c1-12(21(27)28-2)23-20(26)17-18(25)16-10-14(8-9-15(16)19(22)24-17)29-11-13-6-4-3-5-7-13/h3-10,12,25H,11H2,1-2H3,(H,23,26). The van der Waals surface area contributed by atoms with Crippen LogP contribution >= 0.6 is 11.6 Å². The average Bonchev–Trinajstić information content (AvgIpc) is 2.74. The molecule has 29 heavy (non-hydrogen) atoms. The van der Waals surface area contributed by atoms with Crippen molar-refractivity contribution in [2.45, 2.75) is 19.6 Å². The van der Waals surface area contributed by atoms with Crippen molar-refractivity contribution in [2.75, 3.05) is 7.11 Å². The molecule has 7 nitrogen and oxygen atoms in total. The SMILES string of the molecule is COC(=O)C(C)NC(=O)c1nc(Cl)c2ccc(OCc3ccccc3)cc2c1O. The van der Waals surface area contributed by atoms with E-state index in [2.05, 4.69) is 15.0 Å². The number of halogens is 1. The number of rotatable bonds is 6. The zero-order chi connectivity index (χ0) is 21.0. The van der Waals surface area contributed by atoms with Gasteiger partial charge in [0.15, 0.2) is 11.4 Å². The highest BCUT2D eigenvalue weighted by atomic mass is 35.5. The van der Waals surface area contributed by atoms with Gasteiger partial charge < -0.3 is 19.9 Å². The first-order valence-corrected chi connectivity index (χ1v) is 9.16. The molecular formula is C21H19ClN2O5. The van der Waals surface area contributed by atoms with Gasteiger partial charge in [0, 0.05) is 10.8 Å². The zero-order valence-electron chi connectivity index (χ0n) is 15.8. The average molecular weight is 415 g/mol. The predicted octanol–water partition coefficient (Wildman–Crippen LogP) is 3.46. The molecule has 150 valence electrons. The molecule has 2 N–H and O–H groups in total. The number of carbonyl (C=O) groups excluding carboxylic acids is 2. The molecule has 1 atom stereocenters. The summed E-state index contributed by atoms with van der Waals surface area (Å²) in [6.45, 7) is 1.80. The Morgan fingerprint density at radius 1 is 1.17 bits per heavy atom. The van der Waals surface area contributed by atoms with Gasteiger partial charge in [0.05, 0.1) is 7.11 Å². The number of benzene rings is 2. The summed E-state index contributed by atoms with van der Waals surface area (Å²) in [6.07, 6.45) is 0. The van der Waals surface area contributed by atoms with Crippen LogP contribution in [0.15, 0.2) is 48.5 Å². The molecule has 8 heteroatoms. The van der Waals surface area contributed by atoms with Crippen molar-refractivity contribution in [1.82, 2.24) is 10.3 Å². The van der Waals surface area contributed by atoms with E-state index in [1.165, 1.54) is 14.0 Å². The molecule has 0 fully saturated rings. The quantitative estimate of drug-likeness (QED) is 0.473. The number of nitrogens with one attached hydrogen (secondary N) is 1. The van der Waals surface area contributed by atoms with Gasteiger partial charge in [-0.2, -0.15) is 0 Å². The van der Waals surface area contributed by atoms with Crippen LogP contribution in [0.3, 0.4) is 0 Å². The number of amides is 1. The molecule has 1 unspecified atom stereocenters. The highest BCUT2D eigenvalue weighted by molar-refractivity contribution is 6.35. The van der Waals surface area contributed by atoms with Gasteiger partial charge in [-0.25, -0.2) is 9.78 Å². The Labute approximate surface area is 172 Å². The maximum Gasteiger partial charge on any atom is 0.328 e. The molecule has 1 amide bonds. The molecule has 3 aromatic rings. The van der Waals surface area contributed by atoms with Crippen molar-refractivity contribution in [3.05, 3.63) is 64.9 Å². The molecule has 1 heterocycles. The van der Waals surface area contributed by atoms with E-state index in [-0.39, 0.29) is 16.6 Å². The molecule has 0 aliphatic carbocycles. The molecular weight excluding hydrogens is 396 g/mol. The summed E-state index contributed by atoms with van der Waals surface area (Å²) in [4.78, 5) is 27.9. The van der Waals surface area contributed by atoms with Crippen LogP contribution in [0, 0.1) is 0 Å². The van der Waals surface area contributed by atoms with Crippen LogP contribution in [0.1, 0.15) is 23.0 Å². The van der Waals surface area contributed by atoms with Crippen LogP contribution in [0.4, 0.5) is 0 Å². The first-order valence-electron chi connectivity index (χ1n) is 8.78. The summed E-state index contributed by atoms with van der Waals surface area (Å²) in [5, 5.41) is 13.8. The lowest BCUT2D eigenvalue weighted by atomic mass is 10.1. The van der Waals surface area contributed by atoms with E-state index in [0.717, 1.165) is 5.56 Å². The Morgan fingerprint density at radius 2 is 1.90 bits per heavy atom. The third kappa shape index (κ3) is 4.57. The number of hydrogen-bond acceptors (Lipinski definition) is 6. The van der Waals surface area contributed by atoms with E-state index in [1.807, 2.05) is 30.3 Å². The lowest BCUT2D eigenvalue weighted by molar-refractivity contribution is -0.142.